The molecule has 2 aromatic carbocycles. The van der Waals surface area contributed by atoms with Crippen LogP contribution in [-0.4, -0.2) is 16.3 Å². The van der Waals surface area contributed by atoms with Crippen LogP contribution < -0.4 is 0 Å². The fourth-order valence-electron chi connectivity index (χ4n) is 2.18. The SMILES string of the molecule is O=C(CCC(Cl)(Cl)CC(=O)OCc1ccccc1)OCc1ccccc1. The van der Waals surface area contributed by atoms with E-state index in [1.165, 1.54) is 0 Å². The number of benzene rings is 2. The van der Waals surface area contributed by atoms with Crippen molar-refractivity contribution in [3.63, 3.8) is 0 Å². The molecule has 0 aliphatic rings. The third-order valence-corrected chi connectivity index (χ3v) is 4.23. The maximum atomic E-state index is 11.9. The van der Waals surface area contributed by atoms with E-state index in [1.54, 1.807) is 0 Å². The smallest absolute Gasteiger partial charge is 0.309 e. The highest BCUT2D eigenvalue weighted by molar-refractivity contribution is 6.49. The van der Waals surface area contributed by atoms with Crippen LogP contribution in [0.1, 0.15) is 30.4 Å². The summed E-state index contributed by atoms with van der Waals surface area (Å²) in [5, 5.41) is 0. The average molecular weight is 395 g/mol. The molecule has 0 atom stereocenters. The summed E-state index contributed by atoms with van der Waals surface area (Å²) < 4.78 is 8.94. The zero-order valence-electron chi connectivity index (χ0n) is 14.2. The summed E-state index contributed by atoms with van der Waals surface area (Å²) in [7, 11) is 0. The molecule has 0 N–H and O–H groups in total. The van der Waals surface area contributed by atoms with Gasteiger partial charge >= 0.3 is 11.9 Å². The maximum Gasteiger partial charge on any atom is 0.309 e. The van der Waals surface area contributed by atoms with Crippen molar-refractivity contribution in [1.29, 1.82) is 0 Å². The van der Waals surface area contributed by atoms with Crippen LogP contribution in [0.4, 0.5) is 0 Å². The first kappa shape index (κ1) is 20.3. The normalized spacial score (nSPS) is 11.0. The van der Waals surface area contributed by atoms with Crippen LogP contribution in [0.5, 0.6) is 0 Å². The molecule has 0 saturated heterocycles. The Labute approximate surface area is 163 Å². The van der Waals surface area contributed by atoms with E-state index >= 15 is 0 Å². The van der Waals surface area contributed by atoms with Gasteiger partial charge in [-0.2, -0.15) is 0 Å². The molecule has 2 rings (SSSR count). The highest BCUT2D eigenvalue weighted by atomic mass is 35.5. The van der Waals surface area contributed by atoms with Crippen LogP contribution in [0.25, 0.3) is 0 Å². The van der Waals surface area contributed by atoms with Gasteiger partial charge in [0.1, 0.15) is 17.5 Å². The van der Waals surface area contributed by atoms with Crippen LogP contribution in [0, 0.1) is 0 Å². The summed E-state index contributed by atoms with van der Waals surface area (Å²) in [6, 6.07) is 18.7. The largest absolute Gasteiger partial charge is 0.461 e. The van der Waals surface area contributed by atoms with Crippen molar-refractivity contribution < 1.29 is 19.1 Å². The van der Waals surface area contributed by atoms with Crippen molar-refractivity contribution in [2.75, 3.05) is 0 Å². The molecular weight excluding hydrogens is 375 g/mol. The second kappa shape index (κ2) is 10.2. The van der Waals surface area contributed by atoms with E-state index < -0.39 is 16.3 Å². The lowest BCUT2D eigenvalue weighted by molar-refractivity contribution is -0.147. The summed E-state index contributed by atoms with van der Waals surface area (Å²) in [6.45, 7) is 0.346. The van der Waals surface area contributed by atoms with E-state index in [0.717, 1.165) is 11.1 Å². The highest BCUT2D eigenvalue weighted by Gasteiger charge is 2.29. The number of esters is 2. The van der Waals surface area contributed by atoms with E-state index in [1.807, 2.05) is 60.7 Å². The van der Waals surface area contributed by atoms with Crippen LogP contribution >= 0.6 is 23.2 Å². The van der Waals surface area contributed by atoms with Crippen LogP contribution in [0.2, 0.25) is 0 Å². The van der Waals surface area contributed by atoms with Crippen LogP contribution in [0.3, 0.4) is 0 Å². The average Bonchev–Trinajstić information content (AvgIpc) is 2.64. The Hall–Kier alpha value is -2.04. The molecular formula is C20H20Cl2O4. The molecule has 0 amide bonds. The van der Waals surface area contributed by atoms with E-state index in [9.17, 15) is 9.59 Å². The molecule has 2 aromatic rings. The van der Waals surface area contributed by atoms with E-state index in [4.69, 9.17) is 32.7 Å². The Morgan fingerprint density at radius 1 is 0.769 bits per heavy atom. The zero-order valence-corrected chi connectivity index (χ0v) is 15.7. The van der Waals surface area contributed by atoms with Crippen molar-refractivity contribution in [3.05, 3.63) is 71.8 Å². The Morgan fingerprint density at radius 2 is 1.23 bits per heavy atom. The molecule has 0 aromatic heterocycles. The van der Waals surface area contributed by atoms with Gasteiger partial charge < -0.3 is 9.47 Å². The number of hydrogen-bond acceptors (Lipinski definition) is 4. The van der Waals surface area contributed by atoms with Gasteiger partial charge in [0.2, 0.25) is 0 Å². The van der Waals surface area contributed by atoms with Gasteiger partial charge in [-0.3, -0.25) is 9.59 Å². The molecule has 0 bridgehead atoms. The number of carbonyl (C=O) groups excluding carboxylic acids is 2. The van der Waals surface area contributed by atoms with Crippen molar-refractivity contribution in [3.8, 4) is 0 Å². The number of alkyl halides is 2. The first-order chi connectivity index (χ1) is 12.4. The quantitative estimate of drug-likeness (QED) is 0.451. The fraction of sp³-hybridized carbons (Fsp3) is 0.300. The molecule has 0 spiro atoms. The van der Waals surface area contributed by atoms with Gasteiger partial charge in [0.25, 0.3) is 0 Å². The monoisotopic (exact) mass is 394 g/mol. The molecule has 0 fully saturated rings. The lowest BCUT2D eigenvalue weighted by Crippen LogP contribution is -2.22. The second-order valence-corrected chi connectivity index (χ2v) is 7.47. The molecule has 4 nitrogen and oxygen atoms in total. The molecule has 0 unspecified atom stereocenters. The van der Waals surface area contributed by atoms with Gasteiger partial charge in [-0.25, -0.2) is 0 Å². The summed E-state index contributed by atoms with van der Waals surface area (Å²) in [5.41, 5.74) is 1.77. The first-order valence-electron chi connectivity index (χ1n) is 8.21. The Bertz CT molecular complexity index is 702. The number of ether oxygens (including phenoxy) is 2. The van der Waals surface area contributed by atoms with E-state index in [-0.39, 0.29) is 32.5 Å². The molecule has 6 heteroatoms. The Balaban J connectivity index is 1.68. The van der Waals surface area contributed by atoms with Crippen LogP contribution in [-0.2, 0) is 32.3 Å². The van der Waals surface area contributed by atoms with Gasteiger partial charge in [-0.05, 0) is 17.5 Å². The van der Waals surface area contributed by atoms with Gasteiger partial charge in [0, 0.05) is 6.42 Å². The topological polar surface area (TPSA) is 52.6 Å². The lowest BCUT2D eigenvalue weighted by Gasteiger charge is -2.18. The van der Waals surface area contributed by atoms with Crippen molar-refractivity contribution >= 4 is 35.1 Å². The predicted octanol–water partition coefficient (Wildman–Crippen LogP) is 4.82. The molecule has 138 valence electrons. The summed E-state index contributed by atoms with van der Waals surface area (Å²) in [5.74, 6) is -0.936. The van der Waals surface area contributed by atoms with Gasteiger partial charge in [-0.15, -0.1) is 23.2 Å². The van der Waals surface area contributed by atoms with E-state index in [2.05, 4.69) is 0 Å². The minimum Gasteiger partial charge on any atom is -0.461 e. The van der Waals surface area contributed by atoms with Crippen molar-refractivity contribution in [2.24, 2.45) is 0 Å². The Kier molecular flexibility index (Phi) is 7.95. The van der Waals surface area contributed by atoms with Gasteiger partial charge in [-0.1, -0.05) is 60.7 Å². The molecule has 0 aliphatic heterocycles. The molecule has 0 heterocycles. The third-order valence-electron chi connectivity index (χ3n) is 3.58. The number of hydrogen-bond donors (Lipinski definition) is 0. The van der Waals surface area contributed by atoms with Crippen molar-refractivity contribution in [1.82, 2.24) is 0 Å². The Morgan fingerprint density at radius 3 is 1.73 bits per heavy atom. The molecule has 0 radical (unpaired) electrons. The maximum absolute atomic E-state index is 11.9. The summed E-state index contributed by atoms with van der Waals surface area (Å²) in [6.07, 6.45) is -0.0785. The first-order valence-corrected chi connectivity index (χ1v) is 8.97. The lowest BCUT2D eigenvalue weighted by atomic mass is 10.1. The molecule has 26 heavy (non-hydrogen) atoms. The highest BCUT2D eigenvalue weighted by Crippen LogP contribution is 2.31. The fourth-order valence-corrected chi connectivity index (χ4v) is 2.59. The zero-order chi connectivity index (χ0) is 18.8. The van der Waals surface area contributed by atoms with Gasteiger partial charge in [0.05, 0.1) is 6.42 Å². The second-order valence-electron chi connectivity index (χ2n) is 5.83. The summed E-state index contributed by atoms with van der Waals surface area (Å²) in [4.78, 5) is 23.7. The van der Waals surface area contributed by atoms with Crippen molar-refractivity contribution in [2.45, 2.75) is 36.8 Å². The van der Waals surface area contributed by atoms with E-state index in [0.29, 0.717) is 0 Å². The summed E-state index contributed by atoms with van der Waals surface area (Å²) >= 11 is 12.3. The minimum absolute atomic E-state index is 0.0196. The molecule has 0 saturated carbocycles. The van der Waals surface area contributed by atoms with Crippen LogP contribution in [0.15, 0.2) is 60.7 Å². The third kappa shape index (κ3) is 7.89. The number of rotatable bonds is 9. The molecule has 0 aliphatic carbocycles. The minimum atomic E-state index is -1.38. The number of halogens is 2. The predicted molar refractivity (Wildman–Crippen MR) is 101 cm³/mol. The standard InChI is InChI=1S/C20H20Cl2O4/c21-20(22,13-19(24)26-15-17-9-5-2-6-10-17)12-11-18(23)25-14-16-7-3-1-4-8-16/h1-10H,11-15H2. The number of carbonyl (C=O) groups is 2. The van der Waals surface area contributed by atoms with Gasteiger partial charge in [0.15, 0.2) is 0 Å².